The van der Waals surface area contributed by atoms with Gasteiger partial charge in [0.15, 0.2) is 11.6 Å². The highest BCUT2D eigenvalue weighted by molar-refractivity contribution is 6.07. The first-order valence-electron chi connectivity index (χ1n) is 10.9. The van der Waals surface area contributed by atoms with Crippen molar-refractivity contribution in [2.24, 2.45) is 0 Å². The molecule has 0 aliphatic carbocycles. The number of anilines is 2. The lowest BCUT2D eigenvalue weighted by Crippen LogP contribution is -2.39. The normalized spacial score (nSPS) is 13.8. The lowest BCUT2D eigenvalue weighted by molar-refractivity contribution is 0.102. The molecular formula is C25H24FN5O3. The van der Waals surface area contributed by atoms with Crippen molar-refractivity contribution < 1.29 is 18.7 Å². The second-order valence-corrected chi connectivity index (χ2v) is 7.92. The predicted octanol–water partition coefficient (Wildman–Crippen LogP) is 4.10. The topological polar surface area (TPSA) is 100 Å². The van der Waals surface area contributed by atoms with E-state index in [0.717, 1.165) is 11.4 Å². The van der Waals surface area contributed by atoms with Gasteiger partial charge < -0.3 is 19.7 Å². The lowest BCUT2D eigenvalue weighted by Gasteiger charge is -2.34. The highest BCUT2D eigenvalue weighted by Crippen LogP contribution is 2.31. The molecule has 0 bridgehead atoms. The fourth-order valence-electron chi connectivity index (χ4n) is 3.88. The van der Waals surface area contributed by atoms with Gasteiger partial charge in [-0.2, -0.15) is 5.26 Å². The van der Waals surface area contributed by atoms with Gasteiger partial charge in [-0.25, -0.2) is 9.37 Å². The largest absolute Gasteiger partial charge is 0.487 e. The van der Waals surface area contributed by atoms with Crippen LogP contribution in [0.25, 0.3) is 0 Å². The number of hydrogen-bond donors (Lipinski definition) is 1. The van der Waals surface area contributed by atoms with E-state index in [4.69, 9.17) is 14.7 Å². The Hall–Kier alpha value is -4.19. The van der Waals surface area contributed by atoms with Crippen molar-refractivity contribution in [1.82, 2.24) is 9.97 Å². The Balaban J connectivity index is 1.46. The molecule has 8 nitrogen and oxygen atoms in total. The van der Waals surface area contributed by atoms with Crippen LogP contribution in [0.2, 0.25) is 0 Å². The molecule has 0 saturated carbocycles. The summed E-state index contributed by atoms with van der Waals surface area (Å²) in [7, 11) is 1.47. The highest BCUT2D eigenvalue weighted by atomic mass is 19.1. The quantitative estimate of drug-likeness (QED) is 0.590. The molecule has 0 atom stereocenters. The zero-order valence-corrected chi connectivity index (χ0v) is 18.9. The number of methoxy groups -OCH3 is 1. The Morgan fingerprint density at radius 2 is 2.03 bits per heavy atom. The number of carbonyl (C=O) groups excluding carboxylic acids is 1. The molecular weight excluding hydrogens is 437 g/mol. The number of rotatable bonds is 6. The molecule has 34 heavy (non-hydrogen) atoms. The summed E-state index contributed by atoms with van der Waals surface area (Å²) in [6, 6.07) is 11.4. The lowest BCUT2D eigenvalue weighted by atomic mass is 10.1. The summed E-state index contributed by atoms with van der Waals surface area (Å²) in [5.74, 6) is -0.487. The fraction of sp³-hybridized carbons (Fsp3) is 0.280. The maximum atomic E-state index is 14.2. The number of pyridine rings is 2. The van der Waals surface area contributed by atoms with Crippen LogP contribution in [0, 0.1) is 24.1 Å². The molecule has 1 fully saturated rings. The number of aryl methyl sites for hydroxylation is 1. The maximum Gasteiger partial charge on any atom is 0.261 e. The van der Waals surface area contributed by atoms with Gasteiger partial charge >= 0.3 is 0 Å². The summed E-state index contributed by atoms with van der Waals surface area (Å²) in [5.41, 5.74) is 2.84. The molecule has 1 N–H and O–H groups in total. The molecule has 1 amide bonds. The van der Waals surface area contributed by atoms with Crippen LogP contribution in [-0.4, -0.2) is 42.2 Å². The molecule has 1 saturated heterocycles. The van der Waals surface area contributed by atoms with Gasteiger partial charge in [-0.15, -0.1) is 0 Å². The van der Waals surface area contributed by atoms with E-state index in [2.05, 4.69) is 20.2 Å². The molecule has 1 aromatic carbocycles. The monoisotopic (exact) mass is 461 g/mol. The van der Waals surface area contributed by atoms with Gasteiger partial charge in [0.05, 0.1) is 36.3 Å². The van der Waals surface area contributed by atoms with E-state index >= 15 is 0 Å². The van der Waals surface area contributed by atoms with Crippen LogP contribution in [0.3, 0.4) is 0 Å². The van der Waals surface area contributed by atoms with Crippen LogP contribution in [-0.2, 0) is 0 Å². The molecule has 0 unspecified atom stereocenters. The molecule has 9 heteroatoms. The maximum absolute atomic E-state index is 14.2. The molecule has 0 radical (unpaired) electrons. The van der Waals surface area contributed by atoms with Gasteiger partial charge in [0.2, 0.25) is 5.88 Å². The summed E-state index contributed by atoms with van der Waals surface area (Å²) >= 11 is 0. The predicted molar refractivity (Wildman–Crippen MR) is 125 cm³/mol. The number of hydrogen-bond acceptors (Lipinski definition) is 7. The van der Waals surface area contributed by atoms with Gasteiger partial charge in [-0.3, -0.25) is 9.78 Å². The minimum absolute atomic E-state index is 0.149. The Morgan fingerprint density at radius 1 is 1.24 bits per heavy atom. The first kappa shape index (κ1) is 23.0. The van der Waals surface area contributed by atoms with Crippen LogP contribution in [0.15, 0.2) is 48.8 Å². The third-order valence-corrected chi connectivity index (χ3v) is 5.61. The molecule has 4 rings (SSSR count). The Kier molecular flexibility index (Phi) is 6.87. The van der Waals surface area contributed by atoms with E-state index < -0.39 is 5.82 Å². The Labute approximate surface area is 197 Å². The minimum atomic E-state index is -0.540. The van der Waals surface area contributed by atoms with Crippen LogP contribution < -0.4 is 19.7 Å². The first-order chi connectivity index (χ1) is 16.5. The van der Waals surface area contributed by atoms with E-state index in [9.17, 15) is 9.18 Å². The second kappa shape index (κ2) is 10.2. The van der Waals surface area contributed by atoms with Crippen LogP contribution >= 0.6 is 0 Å². The number of nitriles is 1. The molecule has 1 aliphatic rings. The van der Waals surface area contributed by atoms with Crippen LogP contribution in [0.5, 0.6) is 11.6 Å². The van der Waals surface area contributed by atoms with Crippen LogP contribution in [0.4, 0.5) is 15.8 Å². The fourth-order valence-corrected chi connectivity index (χ4v) is 3.88. The molecule has 2 aromatic heterocycles. The smallest absolute Gasteiger partial charge is 0.261 e. The van der Waals surface area contributed by atoms with Crippen molar-refractivity contribution in [3.05, 3.63) is 71.4 Å². The van der Waals surface area contributed by atoms with Gasteiger partial charge in [-0.05, 0) is 43.3 Å². The van der Waals surface area contributed by atoms with Crippen molar-refractivity contribution in [2.45, 2.75) is 25.9 Å². The Bertz CT molecular complexity index is 1240. The van der Waals surface area contributed by atoms with Gasteiger partial charge in [0.25, 0.3) is 5.91 Å². The number of nitrogens with zero attached hydrogens (tertiary/aromatic N) is 4. The second-order valence-electron chi connectivity index (χ2n) is 7.92. The van der Waals surface area contributed by atoms with Crippen LogP contribution in [0.1, 0.15) is 34.5 Å². The SMILES string of the molecule is COc1ncccc1C(=O)Nc1cnc(C)cc1N1CCC(Oc2ccc(C#N)cc2F)CC1. The molecule has 174 valence electrons. The zero-order valence-electron chi connectivity index (χ0n) is 18.9. The molecule has 1 aliphatic heterocycles. The standard InChI is InChI=1S/C25H24FN5O3/c1-16-12-22(21(15-29-16)30-24(32)19-4-3-9-28-25(19)33-2)31-10-7-18(8-11-31)34-23-6-5-17(14-27)13-20(23)26/h3-6,9,12-13,15,18H,7-8,10-11H2,1-2H3,(H,30,32). The molecule has 3 aromatic rings. The third kappa shape index (κ3) is 5.07. The summed E-state index contributed by atoms with van der Waals surface area (Å²) in [4.78, 5) is 23.5. The highest BCUT2D eigenvalue weighted by Gasteiger charge is 2.25. The number of nitrogens with one attached hydrogen (secondary N) is 1. The zero-order chi connectivity index (χ0) is 24.1. The summed E-state index contributed by atoms with van der Waals surface area (Å²) < 4.78 is 25.3. The summed E-state index contributed by atoms with van der Waals surface area (Å²) in [5, 5.41) is 11.8. The van der Waals surface area contributed by atoms with Gasteiger partial charge in [0, 0.05) is 37.8 Å². The van der Waals surface area contributed by atoms with E-state index in [1.807, 2.05) is 19.1 Å². The van der Waals surface area contributed by atoms with E-state index in [-0.39, 0.29) is 29.2 Å². The first-order valence-corrected chi connectivity index (χ1v) is 10.9. The van der Waals surface area contributed by atoms with Crippen molar-refractivity contribution in [3.63, 3.8) is 0 Å². The van der Waals surface area contributed by atoms with Crippen molar-refractivity contribution in [3.8, 4) is 17.7 Å². The number of piperidine rings is 1. The molecule has 3 heterocycles. The Morgan fingerprint density at radius 3 is 2.74 bits per heavy atom. The van der Waals surface area contributed by atoms with Crippen molar-refractivity contribution in [2.75, 3.05) is 30.4 Å². The number of carbonyl (C=O) groups is 1. The number of ether oxygens (including phenoxy) is 2. The third-order valence-electron chi connectivity index (χ3n) is 5.61. The molecule has 0 spiro atoms. The summed E-state index contributed by atoms with van der Waals surface area (Å²) in [6.45, 7) is 3.21. The number of halogens is 1. The number of aromatic nitrogens is 2. The minimum Gasteiger partial charge on any atom is -0.487 e. The average molecular weight is 461 g/mol. The van der Waals surface area contributed by atoms with Crippen molar-refractivity contribution in [1.29, 1.82) is 5.26 Å². The van der Waals surface area contributed by atoms with E-state index in [0.29, 0.717) is 37.2 Å². The van der Waals surface area contributed by atoms with Gasteiger partial charge in [-0.1, -0.05) is 0 Å². The average Bonchev–Trinajstić information content (AvgIpc) is 2.86. The number of benzene rings is 1. The van der Waals surface area contributed by atoms with Gasteiger partial charge in [0.1, 0.15) is 11.7 Å². The van der Waals surface area contributed by atoms with Crippen molar-refractivity contribution >= 4 is 17.3 Å². The number of amides is 1. The van der Waals surface area contributed by atoms with E-state index in [1.54, 1.807) is 30.6 Å². The summed E-state index contributed by atoms with van der Waals surface area (Å²) in [6.07, 6.45) is 4.39. The van der Waals surface area contributed by atoms with E-state index in [1.165, 1.54) is 19.2 Å².